The Bertz CT molecular complexity index is 702. The monoisotopic (exact) mass is 333 g/mol. The molecule has 0 radical (unpaired) electrons. The predicted molar refractivity (Wildman–Crippen MR) is 90.8 cm³/mol. The minimum atomic E-state index is -0.967. The SMILES string of the molecule is CCc1c(C(=O)N(CC)CC(C)(C)O)cnn1-c1ccc(F)cc1. The standard InChI is InChI=1S/C18H24FN3O2/c1-5-16-15(17(23)21(6-2)12-18(3,4)24)11-20-22(16)14-9-7-13(19)8-10-14/h7-11,24H,5-6,12H2,1-4H3. The lowest BCUT2D eigenvalue weighted by Gasteiger charge is -2.28. The van der Waals surface area contributed by atoms with E-state index in [9.17, 15) is 14.3 Å². The van der Waals surface area contributed by atoms with Crippen LogP contribution >= 0.6 is 0 Å². The quantitative estimate of drug-likeness (QED) is 0.884. The molecule has 0 saturated carbocycles. The second-order valence-electron chi connectivity index (χ2n) is 6.38. The van der Waals surface area contributed by atoms with Crippen LogP contribution in [0.15, 0.2) is 30.5 Å². The smallest absolute Gasteiger partial charge is 0.257 e. The van der Waals surface area contributed by atoms with Gasteiger partial charge in [-0.25, -0.2) is 9.07 Å². The molecule has 0 aliphatic rings. The maximum Gasteiger partial charge on any atom is 0.257 e. The van der Waals surface area contributed by atoms with Crippen LogP contribution in [-0.4, -0.2) is 44.4 Å². The third kappa shape index (κ3) is 4.00. The molecule has 6 heteroatoms. The molecule has 0 aliphatic heterocycles. The fourth-order valence-corrected chi connectivity index (χ4v) is 2.66. The van der Waals surface area contributed by atoms with E-state index in [0.717, 1.165) is 5.69 Å². The lowest BCUT2D eigenvalue weighted by Crippen LogP contribution is -2.42. The fourth-order valence-electron chi connectivity index (χ4n) is 2.66. The topological polar surface area (TPSA) is 58.4 Å². The second kappa shape index (κ2) is 7.13. The highest BCUT2D eigenvalue weighted by molar-refractivity contribution is 5.95. The molecule has 1 aromatic carbocycles. The number of rotatable bonds is 6. The number of aliphatic hydroxyl groups is 1. The van der Waals surface area contributed by atoms with Crippen molar-refractivity contribution < 1.29 is 14.3 Å². The van der Waals surface area contributed by atoms with Crippen molar-refractivity contribution in [3.8, 4) is 5.69 Å². The number of carbonyl (C=O) groups is 1. The first-order valence-electron chi connectivity index (χ1n) is 8.11. The number of carbonyl (C=O) groups excluding carboxylic acids is 1. The third-order valence-electron chi connectivity index (χ3n) is 3.75. The van der Waals surface area contributed by atoms with Crippen molar-refractivity contribution in [1.29, 1.82) is 0 Å². The summed E-state index contributed by atoms with van der Waals surface area (Å²) in [5.41, 5.74) is 1.01. The first-order valence-corrected chi connectivity index (χ1v) is 8.11. The molecule has 0 aliphatic carbocycles. The van der Waals surface area contributed by atoms with E-state index in [1.54, 1.807) is 35.6 Å². The first kappa shape index (κ1) is 18.1. The van der Waals surface area contributed by atoms with Crippen molar-refractivity contribution in [3.05, 3.63) is 47.5 Å². The van der Waals surface area contributed by atoms with Gasteiger partial charge in [-0.3, -0.25) is 4.79 Å². The molecule has 0 bridgehead atoms. The van der Waals surface area contributed by atoms with E-state index in [1.165, 1.54) is 18.3 Å². The Morgan fingerprint density at radius 2 is 1.92 bits per heavy atom. The molecule has 1 amide bonds. The first-order chi connectivity index (χ1) is 11.3. The minimum absolute atomic E-state index is 0.162. The van der Waals surface area contributed by atoms with Gasteiger partial charge in [0.1, 0.15) is 5.82 Å². The molecule has 0 fully saturated rings. The second-order valence-corrected chi connectivity index (χ2v) is 6.38. The molecular weight excluding hydrogens is 309 g/mol. The Morgan fingerprint density at radius 3 is 2.42 bits per heavy atom. The summed E-state index contributed by atoms with van der Waals surface area (Å²) in [7, 11) is 0. The van der Waals surface area contributed by atoms with E-state index in [0.29, 0.717) is 24.2 Å². The molecule has 0 saturated heterocycles. The summed E-state index contributed by atoms with van der Waals surface area (Å²) in [6, 6.07) is 5.99. The molecule has 0 spiro atoms. The van der Waals surface area contributed by atoms with Gasteiger partial charge < -0.3 is 10.0 Å². The van der Waals surface area contributed by atoms with Crippen molar-refractivity contribution in [2.45, 2.75) is 39.7 Å². The number of benzene rings is 1. The summed E-state index contributed by atoms with van der Waals surface area (Å²) in [5.74, 6) is -0.479. The number of aromatic nitrogens is 2. The maximum atomic E-state index is 13.1. The van der Waals surface area contributed by atoms with Gasteiger partial charge in [0.05, 0.1) is 28.7 Å². The number of nitrogens with zero attached hydrogens (tertiary/aromatic N) is 3. The summed E-state index contributed by atoms with van der Waals surface area (Å²) in [6.45, 7) is 7.90. The van der Waals surface area contributed by atoms with Crippen LogP contribution in [0.25, 0.3) is 5.69 Å². The minimum Gasteiger partial charge on any atom is -0.389 e. The average molecular weight is 333 g/mol. The van der Waals surface area contributed by atoms with E-state index in [1.807, 2.05) is 13.8 Å². The summed E-state index contributed by atoms with van der Waals surface area (Å²) in [6.07, 6.45) is 2.15. The highest BCUT2D eigenvalue weighted by Crippen LogP contribution is 2.19. The highest BCUT2D eigenvalue weighted by Gasteiger charge is 2.25. The van der Waals surface area contributed by atoms with Crippen molar-refractivity contribution in [2.24, 2.45) is 0 Å². The van der Waals surface area contributed by atoms with Crippen LogP contribution in [0, 0.1) is 5.82 Å². The van der Waals surface area contributed by atoms with Crippen LogP contribution in [0.3, 0.4) is 0 Å². The van der Waals surface area contributed by atoms with Crippen LogP contribution in [0.4, 0.5) is 4.39 Å². The lowest BCUT2D eigenvalue weighted by molar-refractivity contribution is 0.0314. The van der Waals surface area contributed by atoms with Gasteiger partial charge in [-0.05, 0) is 51.5 Å². The molecule has 130 valence electrons. The molecule has 1 N–H and O–H groups in total. The number of likely N-dealkylation sites (N-methyl/N-ethyl adjacent to an activating group) is 1. The number of hydrogen-bond donors (Lipinski definition) is 1. The summed E-state index contributed by atoms with van der Waals surface area (Å²) < 4.78 is 14.8. The van der Waals surface area contributed by atoms with E-state index >= 15 is 0 Å². The van der Waals surface area contributed by atoms with Crippen LogP contribution in [-0.2, 0) is 6.42 Å². The van der Waals surface area contributed by atoms with E-state index in [2.05, 4.69) is 5.10 Å². The van der Waals surface area contributed by atoms with Crippen molar-refractivity contribution in [3.63, 3.8) is 0 Å². The van der Waals surface area contributed by atoms with Crippen molar-refractivity contribution in [1.82, 2.24) is 14.7 Å². The molecule has 5 nitrogen and oxygen atoms in total. The molecule has 24 heavy (non-hydrogen) atoms. The van der Waals surface area contributed by atoms with Crippen molar-refractivity contribution >= 4 is 5.91 Å². The lowest BCUT2D eigenvalue weighted by atomic mass is 10.1. The van der Waals surface area contributed by atoms with Crippen molar-refractivity contribution in [2.75, 3.05) is 13.1 Å². The van der Waals surface area contributed by atoms with Crippen LogP contribution < -0.4 is 0 Å². The average Bonchev–Trinajstić information content (AvgIpc) is 2.95. The van der Waals surface area contributed by atoms with E-state index < -0.39 is 5.60 Å². The zero-order chi connectivity index (χ0) is 17.9. The Kier molecular flexibility index (Phi) is 5.39. The summed E-state index contributed by atoms with van der Waals surface area (Å²) in [4.78, 5) is 14.4. The van der Waals surface area contributed by atoms with Gasteiger partial charge in [0.25, 0.3) is 5.91 Å². The van der Waals surface area contributed by atoms with Gasteiger partial charge in [0, 0.05) is 13.1 Å². The Morgan fingerprint density at radius 1 is 1.29 bits per heavy atom. The zero-order valence-electron chi connectivity index (χ0n) is 14.6. The van der Waals surface area contributed by atoms with Gasteiger partial charge in [-0.2, -0.15) is 5.10 Å². The summed E-state index contributed by atoms with van der Waals surface area (Å²) >= 11 is 0. The van der Waals surface area contributed by atoms with Gasteiger partial charge in [-0.15, -0.1) is 0 Å². The van der Waals surface area contributed by atoms with E-state index in [4.69, 9.17) is 0 Å². The molecular formula is C18H24FN3O2. The predicted octanol–water partition coefficient (Wildman–Crippen LogP) is 2.81. The van der Waals surface area contributed by atoms with Gasteiger partial charge in [-0.1, -0.05) is 6.92 Å². The Balaban J connectivity index is 2.37. The number of hydrogen-bond acceptors (Lipinski definition) is 3. The zero-order valence-corrected chi connectivity index (χ0v) is 14.6. The largest absolute Gasteiger partial charge is 0.389 e. The molecule has 2 rings (SSSR count). The van der Waals surface area contributed by atoms with Crippen LogP contribution in [0.1, 0.15) is 43.7 Å². The van der Waals surface area contributed by atoms with Gasteiger partial charge in [0.15, 0.2) is 0 Å². The number of amides is 1. The molecule has 0 atom stereocenters. The Hall–Kier alpha value is -2.21. The van der Waals surface area contributed by atoms with Crippen LogP contribution in [0.2, 0.25) is 0 Å². The summed E-state index contributed by atoms with van der Waals surface area (Å²) in [5, 5.41) is 14.3. The normalized spacial score (nSPS) is 11.6. The molecule has 2 aromatic rings. The van der Waals surface area contributed by atoms with E-state index in [-0.39, 0.29) is 18.3 Å². The third-order valence-corrected chi connectivity index (χ3v) is 3.75. The van der Waals surface area contributed by atoms with Gasteiger partial charge >= 0.3 is 0 Å². The molecule has 0 unspecified atom stereocenters. The fraction of sp³-hybridized carbons (Fsp3) is 0.444. The molecule has 1 aromatic heterocycles. The Labute approximate surface area is 141 Å². The van der Waals surface area contributed by atoms with Gasteiger partial charge in [0.2, 0.25) is 0 Å². The highest BCUT2D eigenvalue weighted by atomic mass is 19.1. The maximum absolute atomic E-state index is 13.1. The molecule has 1 heterocycles. The number of halogens is 1. The van der Waals surface area contributed by atoms with Crippen LogP contribution in [0.5, 0.6) is 0 Å².